The number of esters is 6. The molecule has 14 rings (SSSR count). The van der Waals surface area contributed by atoms with Crippen molar-refractivity contribution >= 4 is 53.3 Å². The molecule has 6 aliphatic carbocycles. The number of aliphatic hydroxyl groups is 5. The Kier molecular flexibility index (Phi) is 20.5. The van der Waals surface area contributed by atoms with Gasteiger partial charge in [-0.1, -0.05) is 171 Å². The summed E-state index contributed by atoms with van der Waals surface area (Å²) in [6.07, 6.45) is -13.6. The Hall–Kier alpha value is -9.07. The quantitative estimate of drug-likeness (QED) is 0.0392. The maximum Gasteiger partial charge on any atom is 0.350 e. The van der Waals surface area contributed by atoms with Crippen LogP contribution in [-0.4, -0.2) is 175 Å². The van der Waals surface area contributed by atoms with Crippen molar-refractivity contribution in [1.29, 1.82) is 0 Å². The minimum absolute atomic E-state index is 0.0193. The largest absolute Gasteiger partial charge is 0.459 e. The molecule has 109 heavy (non-hydrogen) atoms. The third kappa shape index (κ3) is 12.5. The average Bonchev–Trinajstić information content (AvgIpc) is 0.830. The third-order valence-corrected chi connectivity index (χ3v) is 26.3. The zero-order valence-corrected chi connectivity index (χ0v) is 63.5. The van der Waals surface area contributed by atoms with Gasteiger partial charge in [0, 0.05) is 66.8 Å². The highest BCUT2D eigenvalue weighted by atomic mass is 16.6. The minimum atomic E-state index is -2.24. The first-order chi connectivity index (χ1) is 51.5. The number of Topliss-reactive ketones (excluding diaryl/α,β-unsaturated/α-hetero) is 2. The molecule has 3 aliphatic heterocycles. The Bertz CT molecular complexity index is 4490. The van der Waals surface area contributed by atoms with Crippen LogP contribution in [0.25, 0.3) is 0 Å². The highest BCUT2D eigenvalue weighted by molar-refractivity contribution is 5.99. The second-order valence-corrected chi connectivity index (χ2v) is 32.7. The molecular formula is C86H97NO22. The number of hydrogen-bond donors (Lipinski definition) is 5. The molecule has 5 N–H and O–H groups in total. The molecule has 22 atom stereocenters. The molecule has 0 aromatic heterocycles. The number of nitrogens with zero attached hydrogens (tertiary/aromatic N) is 1. The number of benzene rings is 5. The van der Waals surface area contributed by atoms with Crippen LogP contribution in [0, 0.1) is 45.3 Å². The number of rotatable bonds is 14. The zero-order chi connectivity index (χ0) is 78.6. The molecule has 578 valence electrons. The fourth-order valence-corrected chi connectivity index (χ4v) is 20.1. The minimum Gasteiger partial charge on any atom is -0.459 e. The fraction of sp³-hybridized carbons (Fsp3) is 0.500. The lowest BCUT2D eigenvalue weighted by atomic mass is 9.42. The van der Waals surface area contributed by atoms with Crippen LogP contribution < -0.4 is 0 Å². The monoisotopic (exact) mass is 1500 g/mol. The van der Waals surface area contributed by atoms with Crippen LogP contribution in [0.5, 0.6) is 0 Å². The highest BCUT2D eigenvalue weighted by Crippen LogP contribution is 2.68. The Morgan fingerprint density at radius 3 is 1.49 bits per heavy atom. The lowest BCUT2D eigenvalue weighted by Gasteiger charge is -2.68. The van der Waals surface area contributed by atoms with Crippen LogP contribution >= 0.6 is 0 Å². The fourth-order valence-electron chi connectivity index (χ4n) is 20.1. The summed E-state index contributed by atoms with van der Waals surface area (Å²) in [7, 11) is 0. The molecule has 23 nitrogen and oxygen atoms in total. The topological polar surface area (TPSA) is 333 Å². The van der Waals surface area contributed by atoms with E-state index >= 15 is 4.79 Å². The molecule has 4 saturated carbocycles. The second-order valence-electron chi connectivity index (χ2n) is 32.7. The maximum absolute atomic E-state index is 15.4. The van der Waals surface area contributed by atoms with E-state index in [-0.39, 0.29) is 60.0 Å². The van der Waals surface area contributed by atoms with E-state index in [1.807, 2.05) is 102 Å². The lowest BCUT2D eigenvalue weighted by molar-refractivity contribution is -0.346. The summed E-state index contributed by atoms with van der Waals surface area (Å²) in [5.74, 6) is -9.59. The van der Waals surface area contributed by atoms with Crippen molar-refractivity contribution in [3.05, 3.63) is 202 Å². The summed E-state index contributed by atoms with van der Waals surface area (Å²) in [6.45, 7) is 21.2. The Labute approximate surface area is 633 Å². The molecule has 6 fully saturated rings. The lowest BCUT2D eigenvalue weighted by Crippen LogP contribution is -2.81. The van der Waals surface area contributed by atoms with Gasteiger partial charge >= 0.3 is 35.8 Å². The van der Waals surface area contributed by atoms with Crippen molar-refractivity contribution in [2.75, 3.05) is 13.2 Å². The molecule has 0 radical (unpaired) electrons. The van der Waals surface area contributed by atoms with Crippen molar-refractivity contribution in [2.24, 2.45) is 50.3 Å². The Morgan fingerprint density at radius 1 is 0.560 bits per heavy atom. The van der Waals surface area contributed by atoms with Crippen molar-refractivity contribution < 1.29 is 107 Å². The maximum atomic E-state index is 15.4. The molecule has 5 aromatic rings. The van der Waals surface area contributed by atoms with Crippen LogP contribution in [-0.2, 0) is 71.4 Å². The van der Waals surface area contributed by atoms with Crippen LogP contribution in [0.2, 0.25) is 0 Å². The van der Waals surface area contributed by atoms with Gasteiger partial charge < -0.3 is 68.2 Å². The van der Waals surface area contributed by atoms with Gasteiger partial charge in [0.25, 0.3) is 0 Å². The summed E-state index contributed by atoms with van der Waals surface area (Å²) in [6, 6.07) is 43.2. The number of fused-ring (bicyclic) bond motifs is 10. The van der Waals surface area contributed by atoms with Gasteiger partial charge in [0.05, 0.1) is 47.7 Å². The van der Waals surface area contributed by atoms with E-state index < -0.39 is 183 Å². The predicted octanol–water partition coefficient (Wildman–Crippen LogP) is 9.57. The van der Waals surface area contributed by atoms with Crippen LogP contribution in [0.4, 0.5) is 0 Å². The van der Waals surface area contributed by atoms with Gasteiger partial charge in [-0.25, -0.2) is 24.2 Å². The van der Waals surface area contributed by atoms with E-state index in [9.17, 15) is 59.1 Å². The predicted molar refractivity (Wildman–Crippen MR) is 392 cm³/mol. The van der Waals surface area contributed by atoms with E-state index in [1.165, 1.54) is 32.9 Å². The van der Waals surface area contributed by atoms with E-state index in [0.717, 1.165) is 5.56 Å². The molecule has 2 saturated heterocycles. The van der Waals surface area contributed by atoms with Crippen molar-refractivity contribution in [3.63, 3.8) is 0 Å². The first kappa shape index (κ1) is 78.1. The van der Waals surface area contributed by atoms with E-state index in [4.69, 9.17) is 47.6 Å². The molecule has 0 spiro atoms. The highest BCUT2D eigenvalue weighted by Gasteiger charge is 2.80. The first-order valence-electron chi connectivity index (χ1n) is 37.4. The van der Waals surface area contributed by atoms with Gasteiger partial charge in [0.1, 0.15) is 65.8 Å². The van der Waals surface area contributed by atoms with E-state index in [1.54, 1.807) is 107 Å². The van der Waals surface area contributed by atoms with Gasteiger partial charge in [0.2, 0.25) is 12.0 Å². The van der Waals surface area contributed by atoms with Crippen LogP contribution in [0.1, 0.15) is 165 Å². The van der Waals surface area contributed by atoms with Crippen LogP contribution in [0.3, 0.4) is 0 Å². The number of aliphatic imine (C=N–C) groups is 1. The molecule has 0 unspecified atom stereocenters. The standard InChI is InChI=1S/C47H51NO10.C39H46O12/c1-26-23-34-46(25-54-34,58-29(4)49)38-40(57-42(51)32-21-15-10-16-22-32)47(53)24-33(27(2)35(44(47,5)6)28(3)39(50)45(26,38)7)55-43(52)37-36(30-17-11-8-12-18-30)48-41(56-37)31-19-13-9-14-20-31;1-20(23-13-9-7-10-14-23)29(42)35(46)49-25-18-39(47)33(50-34(45)24-15-11-8-12-16-24)31-37(6,32(44)30(43)28(21(25)2)36(39,4)5)26(41)17-27-38(31,19-48-27)51-22(3)40/h8-22,26,28,33-34,36-38,40,53H,23-25H2,1-7H3;7-16,20,25-27,29-31,33,41-43,47H,17-19H2,1-6H3/t26-,28+,33-,34+,36+,37+,38-,40-,45+,46-,47+;20-,25-,26-,27+,29+,30+,31-,33-,37+,38-,39+/m00/s1. The number of hydrogen-bond acceptors (Lipinski definition) is 23. The normalized spacial score (nSPS) is 36.3. The van der Waals surface area contributed by atoms with Crippen molar-refractivity contribution in [3.8, 4) is 0 Å². The van der Waals surface area contributed by atoms with E-state index in [0.29, 0.717) is 34.6 Å². The number of ketones is 2. The molecule has 23 heteroatoms. The average molecular weight is 1500 g/mol. The Balaban J connectivity index is 0.000000194. The van der Waals surface area contributed by atoms with Gasteiger partial charge in [0.15, 0.2) is 23.1 Å². The number of ether oxygens (including phenoxy) is 9. The molecule has 9 aliphatic rings. The summed E-state index contributed by atoms with van der Waals surface area (Å²) in [5, 5.41) is 61.9. The summed E-state index contributed by atoms with van der Waals surface area (Å²) in [4.78, 5) is 117. The second kappa shape index (κ2) is 28.7. The summed E-state index contributed by atoms with van der Waals surface area (Å²) < 4.78 is 55.7. The number of carbonyl (C=O) groups excluding carboxylic acids is 8. The van der Waals surface area contributed by atoms with Gasteiger partial charge in [-0.3, -0.25) is 19.2 Å². The van der Waals surface area contributed by atoms with Crippen LogP contribution in [0.15, 0.2) is 179 Å². The molecule has 3 heterocycles. The smallest absolute Gasteiger partial charge is 0.350 e. The van der Waals surface area contributed by atoms with Gasteiger partial charge in [-0.2, -0.15) is 0 Å². The van der Waals surface area contributed by atoms with E-state index in [2.05, 4.69) is 0 Å². The summed E-state index contributed by atoms with van der Waals surface area (Å²) >= 11 is 0. The molecule has 4 bridgehead atoms. The number of aliphatic hydroxyl groups excluding tert-OH is 3. The number of carbonyl (C=O) groups is 8. The third-order valence-electron chi connectivity index (χ3n) is 26.3. The van der Waals surface area contributed by atoms with Gasteiger partial charge in [-0.05, 0) is 103 Å². The Morgan fingerprint density at radius 2 is 1.00 bits per heavy atom. The molecule has 5 aromatic carbocycles. The molecule has 0 amide bonds. The van der Waals surface area contributed by atoms with Crippen molar-refractivity contribution in [2.45, 2.75) is 211 Å². The SMILES string of the molecule is CC(=O)O[C@@]12CO[C@@H]1C[C@H](C)[C@@]1(C)C(=O)[C@H](C)C3=C(C)[C@@H](OC(=O)[C@@H]4OC(c5ccccc5)=N[C@@H]4c4ccccc4)C[C@@](O)([C@@H](OC(=O)c4ccccc4)[C@H]21)C3(C)C.CC(=O)O[C@@]12CO[C@@H]1C[C@H](O)[C@@]1(C)C(=O)[C@H](O)C3=C(C)[C@@H](OC(=O)[C@H](O)[C@@H](C)c4ccccc4)C[C@@](O)([C@@H](OC(=O)c4ccccc4)[C@H]21)C3(C)C. The summed E-state index contributed by atoms with van der Waals surface area (Å²) in [5.41, 5.74) is -9.27. The van der Waals surface area contributed by atoms with Crippen molar-refractivity contribution in [1.82, 2.24) is 0 Å². The van der Waals surface area contributed by atoms with Gasteiger partial charge in [-0.15, -0.1) is 0 Å². The first-order valence-corrected chi connectivity index (χ1v) is 37.4. The zero-order valence-electron chi connectivity index (χ0n) is 63.5. The molecular weight excluding hydrogens is 1400 g/mol.